The van der Waals surface area contributed by atoms with E-state index in [1.54, 1.807) is 14.2 Å². The number of nitrogens with two attached hydrogens (primary N) is 1. The minimum absolute atomic E-state index is 0. The number of likely N-dealkylation sites (N-methyl/N-ethyl adjacent to an activating group) is 1. The molecule has 4 heterocycles. The minimum atomic E-state index is -3.35. The molecule has 16 nitrogen and oxygen atoms in total. The first-order valence-corrected chi connectivity index (χ1v) is 20.4. The van der Waals surface area contributed by atoms with Gasteiger partial charge in [-0.1, -0.05) is 31.2 Å². The molecule has 1 aromatic heterocycles. The molecule has 24 heteroatoms. The number of methoxy groups -OCH3 is 2. The van der Waals surface area contributed by atoms with Crippen LogP contribution in [-0.2, 0) is 35.1 Å². The Hall–Kier alpha value is -3.81. The maximum Gasteiger partial charge on any atom is 0.412 e. The van der Waals surface area contributed by atoms with Crippen molar-refractivity contribution in [3.05, 3.63) is 70.9 Å². The quantitative estimate of drug-likeness (QED) is 0.0932. The number of hydrogen-bond acceptors (Lipinski definition) is 11. The van der Waals surface area contributed by atoms with Gasteiger partial charge < -0.3 is 50.2 Å². The third-order valence-corrected chi connectivity index (χ3v) is 10.7. The first-order chi connectivity index (χ1) is 29.5. The van der Waals surface area contributed by atoms with Crippen LogP contribution in [0, 0.1) is 11.6 Å². The molecule has 0 saturated carbocycles. The molecule has 5 amide bonds. The number of nitrogens with one attached hydrogen (secondary N) is 3. The number of anilines is 1. The molecule has 0 aliphatic carbocycles. The summed E-state index contributed by atoms with van der Waals surface area (Å²) in [6.07, 6.45) is 2.54. The van der Waals surface area contributed by atoms with E-state index in [1.807, 2.05) is 32.6 Å². The number of fused-ring (bicyclic) bond motifs is 2. The lowest BCUT2D eigenvalue weighted by atomic mass is 10.1. The summed E-state index contributed by atoms with van der Waals surface area (Å²) in [7, 11) is 4.47. The highest BCUT2D eigenvalue weighted by molar-refractivity contribution is 7.59. The third kappa shape index (κ3) is 20.8. The highest BCUT2D eigenvalue weighted by atomic mass is 35.5. The van der Waals surface area contributed by atoms with E-state index in [0.717, 1.165) is 30.4 Å². The SMILES string of the molecule is C.CC1(C)OC[C@@H]2CCC(=O)N21.CN(C(=O)NCc1cccc(F)c1Cl)[C@H](COC(=O)Nc1cc2cc(F)ccc2cn1)CC(F)(F)CN.COC(C)(C)OC.O=C1CC[C@@H](CO)N1.S.S.S. The number of halogens is 5. The number of rotatable bonds is 12. The van der Waals surface area contributed by atoms with Gasteiger partial charge in [-0.05, 0) is 81.8 Å². The fourth-order valence-electron chi connectivity index (χ4n) is 6.28. The van der Waals surface area contributed by atoms with E-state index in [9.17, 15) is 36.7 Å². The number of nitrogens with zero attached hydrogens (tertiary/aromatic N) is 3. The van der Waals surface area contributed by atoms with Crippen LogP contribution in [0.1, 0.15) is 72.8 Å². The summed E-state index contributed by atoms with van der Waals surface area (Å²) in [4.78, 5) is 53.5. The van der Waals surface area contributed by atoms with Gasteiger partial charge in [0.2, 0.25) is 11.8 Å². The molecule has 3 aromatic rings. The molecular weight excluding hydrogens is 966 g/mol. The number of ether oxygens (including phenoxy) is 4. The standard InChI is InChI=1S/C24H24ClF4N5O3.C8H13NO2.C5H9NO2.C5H12O2.CH4.3H2S/c1-34(22(35)32-11-15-3-2-4-19(27)21(15)25)18(9-24(28,29)13-30)12-37-23(36)33-20-8-16-7-17(26)6-5-14(16)10-31-20;1-8(2)9-6(5-11-8)3-4-7(9)10;7-3-4-1-2-5(8)6-4;1-5(2,6-3)7-4;;;;/h2-8,10,18H,9,11-13,30H2,1H3,(H,32,35)(H,31,33,36);6H,3-5H2,1-2H3;4,7H,1-3H2,(H,6,8);1-4H3;1H4;3*1H2/t18-;6-;4-;;;;;/m000...../s1. The Kier molecular flexibility index (Phi) is 29.2. The first kappa shape index (κ1) is 65.3. The zero-order valence-electron chi connectivity index (χ0n) is 37.9. The molecule has 382 valence electrons. The van der Waals surface area contributed by atoms with Gasteiger partial charge in [-0.2, -0.15) is 40.5 Å². The lowest BCUT2D eigenvalue weighted by molar-refractivity contribution is -0.178. The Labute approximate surface area is 416 Å². The number of carbonyl (C=O) groups excluding carboxylic acids is 4. The molecule has 3 saturated heterocycles. The van der Waals surface area contributed by atoms with E-state index >= 15 is 0 Å². The van der Waals surface area contributed by atoms with Crippen LogP contribution in [-0.4, -0.2) is 127 Å². The van der Waals surface area contributed by atoms with Crippen LogP contribution in [0.25, 0.3) is 10.8 Å². The van der Waals surface area contributed by atoms with Gasteiger partial charge >= 0.3 is 12.1 Å². The molecule has 3 fully saturated rings. The zero-order valence-corrected chi connectivity index (χ0v) is 41.7. The highest BCUT2D eigenvalue weighted by Gasteiger charge is 2.47. The second kappa shape index (κ2) is 29.9. The fourth-order valence-corrected chi connectivity index (χ4v) is 6.48. The van der Waals surface area contributed by atoms with E-state index in [2.05, 4.69) is 20.9 Å². The Morgan fingerprint density at radius 2 is 1.73 bits per heavy atom. The Morgan fingerprint density at radius 3 is 2.27 bits per heavy atom. The fraction of sp³-hybridized carbons (Fsp3) is 0.558. The maximum absolute atomic E-state index is 14.1. The van der Waals surface area contributed by atoms with E-state index in [0.29, 0.717) is 29.7 Å². The van der Waals surface area contributed by atoms with Crippen molar-refractivity contribution in [2.45, 2.75) is 109 Å². The van der Waals surface area contributed by atoms with Gasteiger partial charge in [0.25, 0.3) is 5.92 Å². The predicted octanol–water partition coefficient (Wildman–Crippen LogP) is 6.90. The molecule has 3 atom stereocenters. The summed E-state index contributed by atoms with van der Waals surface area (Å²) < 4.78 is 75.5. The number of hydrogen-bond donors (Lipinski definition) is 5. The monoisotopic (exact) mass is 1030 g/mol. The van der Waals surface area contributed by atoms with Crippen molar-refractivity contribution < 1.29 is 60.8 Å². The van der Waals surface area contributed by atoms with Crippen LogP contribution >= 0.6 is 52.1 Å². The molecular formula is C43H68ClF4N7O9S3. The van der Waals surface area contributed by atoms with E-state index in [4.69, 9.17) is 41.4 Å². The summed E-state index contributed by atoms with van der Waals surface area (Å²) in [5.41, 5.74) is 5.07. The Morgan fingerprint density at radius 1 is 1.07 bits per heavy atom. The van der Waals surface area contributed by atoms with E-state index in [1.165, 1.54) is 49.6 Å². The normalized spacial score (nSPS) is 17.0. The third-order valence-electron chi connectivity index (χ3n) is 10.3. The van der Waals surface area contributed by atoms with Crippen molar-refractivity contribution in [1.29, 1.82) is 0 Å². The van der Waals surface area contributed by atoms with E-state index in [-0.39, 0.29) is 101 Å². The number of aliphatic hydroxyl groups is 1. The lowest BCUT2D eigenvalue weighted by Gasteiger charge is -2.30. The number of aromatic nitrogens is 1. The van der Waals surface area contributed by atoms with Crippen LogP contribution in [0.15, 0.2) is 48.7 Å². The first-order valence-electron chi connectivity index (χ1n) is 20.0. The molecule has 0 bridgehead atoms. The largest absolute Gasteiger partial charge is 0.447 e. The molecule has 0 spiro atoms. The number of alkyl halides is 2. The van der Waals surface area contributed by atoms with Crippen molar-refractivity contribution >= 4 is 92.6 Å². The summed E-state index contributed by atoms with van der Waals surface area (Å²) in [6, 6.07) is 7.83. The van der Waals surface area contributed by atoms with Crippen LogP contribution in [0.4, 0.5) is 33.0 Å². The number of pyridine rings is 1. The lowest BCUT2D eigenvalue weighted by Crippen LogP contribution is -2.49. The molecule has 6 rings (SSSR count). The Balaban J connectivity index is 0. The summed E-state index contributed by atoms with van der Waals surface area (Å²) >= 11 is 5.87. The van der Waals surface area contributed by atoms with Crippen molar-refractivity contribution in [3.63, 3.8) is 0 Å². The van der Waals surface area contributed by atoms with Crippen molar-refractivity contribution in [3.8, 4) is 0 Å². The maximum atomic E-state index is 14.1. The molecule has 0 radical (unpaired) electrons. The van der Waals surface area contributed by atoms with Crippen LogP contribution in [0.2, 0.25) is 5.02 Å². The topological polar surface area (TPSA) is 207 Å². The number of benzene rings is 2. The molecule has 3 aliphatic rings. The molecule has 2 aromatic carbocycles. The number of aliphatic hydroxyl groups excluding tert-OH is 1. The second-order valence-corrected chi connectivity index (χ2v) is 16.1. The van der Waals surface area contributed by atoms with Gasteiger partial charge in [0.1, 0.15) is 29.8 Å². The average Bonchev–Trinajstić information content (AvgIpc) is 3.95. The molecule has 3 aliphatic heterocycles. The van der Waals surface area contributed by atoms with Crippen molar-refractivity contribution in [2.75, 3.05) is 52.9 Å². The van der Waals surface area contributed by atoms with Crippen LogP contribution < -0.4 is 21.7 Å². The van der Waals surface area contributed by atoms with Crippen LogP contribution in [0.3, 0.4) is 0 Å². The average molecular weight is 1030 g/mol. The molecule has 6 N–H and O–H groups in total. The van der Waals surface area contributed by atoms with Crippen molar-refractivity contribution in [1.82, 2.24) is 25.4 Å². The second-order valence-electron chi connectivity index (χ2n) is 15.7. The highest BCUT2D eigenvalue weighted by Crippen LogP contribution is 2.34. The van der Waals surface area contributed by atoms with Gasteiger partial charge in [-0.3, -0.25) is 14.9 Å². The smallest absolute Gasteiger partial charge is 0.412 e. The summed E-state index contributed by atoms with van der Waals surface area (Å²) in [5.74, 6) is -4.56. The molecule has 0 unspecified atom stereocenters. The summed E-state index contributed by atoms with van der Waals surface area (Å²) in [5, 5.41) is 16.8. The molecule has 67 heavy (non-hydrogen) atoms. The number of urea groups is 1. The van der Waals surface area contributed by atoms with Crippen LogP contribution in [0.5, 0.6) is 0 Å². The van der Waals surface area contributed by atoms with Gasteiger partial charge in [0.15, 0.2) is 5.79 Å². The van der Waals surface area contributed by atoms with Gasteiger partial charge in [-0.15, -0.1) is 0 Å². The predicted molar refractivity (Wildman–Crippen MR) is 265 cm³/mol. The zero-order chi connectivity index (χ0) is 47.1. The van der Waals surface area contributed by atoms with Crippen molar-refractivity contribution in [2.24, 2.45) is 5.73 Å². The number of amides is 5. The van der Waals surface area contributed by atoms with Gasteiger partial charge in [0.05, 0.1) is 42.9 Å². The Bertz CT molecular complexity index is 2030. The number of carbonyl (C=O) groups is 4. The van der Waals surface area contributed by atoms with Gasteiger partial charge in [0, 0.05) is 58.7 Å². The summed E-state index contributed by atoms with van der Waals surface area (Å²) in [6.45, 7) is 6.65. The van der Waals surface area contributed by atoms with E-state index < -0.39 is 61.1 Å². The minimum Gasteiger partial charge on any atom is -0.447 e. The van der Waals surface area contributed by atoms with Gasteiger partial charge in [-0.25, -0.2) is 32.1 Å².